The number of halogens is 3. The Balaban J connectivity index is 1.44. The lowest BCUT2D eigenvalue weighted by atomic mass is 9.99. The summed E-state index contributed by atoms with van der Waals surface area (Å²) >= 11 is 5.74. The van der Waals surface area contributed by atoms with Gasteiger partial charge in [-0.3, -0.25) is 0 Å². The molecule has 4 rings (SSSR count). The molecule has 0 aliphatic rings. The largest absolute Gasteiger partial charge is 0.490 e. The molecule has 4 aromatic rings. The zero-order valence-corrected chi connectivity index (χ0v) is 19.9. The Morgan fingerprint density at radius 1 is 0.882 bits per heavy atom. The highest BCUT2D eigenvalue weighted by atomic mass is 35.5. The molecule has 0 atom stereocenters. The molecule has 3 aromatic carbocycles. The van der Waals surface area contributed by atoms with Crippen LogP contribution in [-0.2, 0) is 12.8 Å². The van der Waals surface area contributed by atoms with Crippen molar-refractivity contribution in [3.8, 4) is 17.1 Å². The van der Waals surface area contributed by atoms with E-state index in [-0.39, 0.29) is 10.8 Å². The van der Waals surface area contributed by atoms with Crippen molar-refractivity contribution in [2.45, 2.75) is 45.4 Å². The molecule has 0 saturated carbocycles. The number of fused-ring (bicyclic) bond motifs is 1. The lowest BCUT2D eigenvalue weighted by Crippen LogP contribution is -1.99. The molecule has 0 N–H and O–H groups in total. The Hall–Kier alpha value is -3.05. The van der Waals surface area contributed by atoms with Crippen LogP contribution in [0.25, 0.3) is 22.2 Å². The van der Waals surface area contributed by atoms with E-state index < -0.39 is 5.82 Å². The number of hydrogen-bond acceptors (Lipinski definition) is 3. The van der Waals surface area contributed by atoms with E-state index in [1.807, 2.05) is 18.2 Å². The molecule has 0 bridgehead atoms. The van der Waals surface area contributed by atoms with Gasteiger partial charge in [-0.25, -0.2) is 18.7 Å². The number of unbranched alkanes of at least 4 members (excludes halogenated alkanes) is 3. The molecular formula is C28H27ClF2N2O. The molecule has 3 nitrogen and oxygen atoms in total. The molecule has 0 saturated heterocycles. The highest BCUT2D eigenvalue weighted by Crippen LogP contribution is 2.27. The molecule has 0 unspecified atom stereocenters. The van der Waals surface area contributed by atoms with Gasteiger partial charge in [-0.05, 0) is 54.0 Å². The van der Waals surface area contributed by atoms with Gasteiger partial charge in [-0.2, -0.15) is 0 Å². The molecule has 34 heavy (non-hydrogen) atoms. The Morgan fingerprint density at radius 3 is 2.47 bits per heavy atom. The van der Waals surface area contributed by atoms with Crippen molar-refractivity contribution >= 4 is 22.4 Å². The van der Waals surface area contributed by atoms with E-state index >= 15 is 4.39 Å². The predicted molar refractivity (Wildman–Crippen MR) is 133 cm³/mol. The van der Waals surface area contributed by atoms with Crippen molar-refractivity contribution in [2.75, 3.05) is 6.61 Å². The zero-order chi connectivity index (χ0) is 23.9. The van der Waals surface area contributed by atoms with Crippen LogP contribution >= 0.6 is 11.6 Å². The Morgan fingerprint density at radius 2 is 1.71 bits per heavy atom. The maximum absolute atomic E-state index is 15.2. The van der Waals surface area contributed by atoms with E-state index in [2.05, 4.69) is 16.9 Å². The maximum atomic E-state index is 15.2. The molecule has 1 heterocycles. The molecule has 0 spiro atoms. The topological polar surface area (TPSA) is 35.0 Å². The normalized spacial score (nSPS) is 11.2. The van der Waals surface area contributed by atoms with E-state index in [4.69, 9.17) is 16.3 Å². The first-order valence-electron chi connectivity index (χ1n) is 11.7. The summed E-state index contributed by atoms with van der Waals surface area (Å²) in [6, 6.07) is 13.8. The van der Waals surface area contributed by atoms with Gasteiger partial charge in [0, 0.05) is 10.9 Å². The molecule has 0 aliphatic heterocycles. The number of benzene rings is 3. The summed E-state index contributed by atoms with van der Waals surface area (Å²) in [5.41, 5.74) is 2.18. The lowest BCUT2D eigenvalue weighted by molar-refractivity contribution is 0.303. The van der Waals surface area contributed by atoms with E-state index in [1.165, 1.54) is 25.0 Å². The second kappa shape index (κ2) is 11.4. The smallest absolute Gasteiger partial charge is 0.159 e. The maximum Gasteiger partial charge on any atom is 0.159 e. The van der Waals surface area contributed by atoms with Gasteiger partial charge in [0.2, 0.25) is 0 Å². The third-order valence-electron chi connectivity index (χ3n) is 5.85. The third-order valence-corrected chi connectivity index (χ3v) is 6.16. The number of aryl methyl sites for hydroxylation is 2. The second-order valence-corrected chi connectivity index (χ2v) is 8.78. The summed E-state index contributed by atoms with van der Waals surface area (Å²) in [7, 11) is 0. The van der Waals surface area contributed by atoms with Gasteiger partial charge < -0.3 is 4.74 Å². The fraction of sp³-hybridized carbons (Fsp3) is 0.286. The van der Waals surface area contributed by atoms with Gasteiger partial charge in [-0.15, -0.1) is 0 Å². The molecule has 0 aliphatic carbocycles. The van der Waals surface area contributed by atoms with Crippen molar-refractivity contribution in [3.05, 3.63) is 88.7 Å². The number of ether oxygens (including phenoxy) is 1. The van der Waals surface area contributed by atoms with Crippen molar-refractivity contribution in [1.29, 1.82) is 0 Å². The molecule has 0 radical (unpaired) electrons. The first-order valence-corrected chi connectivity index (χ1v) is 12.0. The summed E-state index contributed by atoms with van der Waals surface area (Å²) < 4.78 is 34.5. The average Bonchev–Trinajstić information content (AvgIpc) is 2.86. The monoisotopic (exact) mass is 480 g/mol. The Bertz CT molecular complexity index is 1260. The van der Waals surface area contributed by atoms with Crippen molar-refractivity contribution in [1.82, 2.24) is 9.97 Å². The van der Waals surface area contributed by atoms with Crippen molar-refractivity contribution < 1.29 is 13.5 Å². The minimum atomic E-state index is -0.459. The van der Waals surface area contributed by atoms with E-state index in [0.717, 1.165) is 29.4 Å². The first-order chi connectivity index (χ1) is 16.5. The van der Waals surface area contributed by atoms with Gasteiger partial charge >= 0.3 is 0 Å². The predicted octanol–water partition coefficient (Wildman–Crippen LogP) is 7.97. The van der Waals surface area contributed by atoms with Crippen LogP contribution in [0.5, 0.6) is 5.75 Å². The first kappa shape index (κ1) is 24.1. The Kier molecular flexibility index (Phi) is 8.07. The summed E-state index contributed by atoms with van der Waals surface area (Å²) in [4.78, 5) is 8.83. The number of rotatable bonds is 10. The van der Waals surface area contributed by atoms with E-state index in [1.54, 1.807) is 30.6 Å². The SMILES string of the molecule is CCCCCCOc1cnc(-c2ccc3c(F)c(CCc4ccc(Cl)c(F)c4)ccc3c2)nc1. The van der Waals surface area contributed by atoms with Crippen molar-refractivity contribution in [3.63, 3.8) is 0 Å². The summed E-state index contributed by atoms with van der Waals surface area (Å²) in [5, 5.41) is 1.40. The minimum absolute atomic E-state index is 0.0880. The van der Waals surface area contributed by atoms with Crippen LogP contribution in [0, 0.1) is 11.6 Å². The Labute approximate surface area is 203 Å². The fourth-order valence-corrected chi connectivity index (χ4v) is 4.02. The lowest BCUT2D eigenvalue weighted by Gasteiger charge is -2.09. The molecule has 6 heteroatoms. The molecule has 1 aromatic heterocycles. The van der Waals surface area contributed by atoms with Crippen LogP contribution in [0.4, 0.5) is 8.78 Å². The molecule has 0 fully saturated rings. The van der Waals surface area contributed by atoms with Crippen LogP contribution in [-0.4, -0.2) is 16.6 Å². The summed E-state index contributed by atoms with van der Waals surface area (Å²) in [6.45, 7) is 2.84. The van der Waals surface area contributed by atoms with Crippen LogP contribution in [0.1, 0.15) is 43.7 Å². The highest BCUT2D eigenvalue weighted by Gasteiger charge is 2.11. The van der Waals surface area contributed by atoms with Crippen LogP contribution < -0.4 is 4.74 Å². The summed E-state index contributed by atoms with van der Waals surface area (Å²) in [6.07, 6.45) is 8.92. The second-order valence-electron chi connectivity index (χ2n) is 8.37. The number of hydrogen-bond donors (Lipinski definition) is 0. The van der Waals surface area contributed by atoms with Gasteiger partial charge in [0.25, 0.3) is 0 Å². The molecular weight excluding hydrogens is 454 g/mol. The zero-order valence-electron chi connectivity index (χ0n) is 19.2. The van der Waals surface area contributed by atoms with Gasteiger partial charge in [0.15, 0.2) is 11.6 Å². The van der Waals surface area contributed by atoms with E-state index in [0.29, 0.717) is 42.0 Å². The third kappa shape index (κ3) is 5.89. The molecule has 176 valence electrons. The quantitative estimate of drug-likeness (QED) is 0.216. The molecule has 0 amide bonds. The number of nitrogens with zero attached hydrogens (tertiary/aromatic N) is 2. The summed E-state index contributed by atoms with van der Waals surface area (Å²) in [5.74, 6) is 0.498. The van der Waals surface area contributed by atoms with Crippen molar-refractivity contribution in [2.24, 2.45) is 0 Å². The van der Waals surface area contributed by atoms with Gasteiger partial charge in [0.1, 0.15) is 11.6 Å². The number of aromatic nitrogens is 2. The van der Waals surface area contributed by atoms with Gasteiger partial charge in [0.05, 0.1) is 24.0 Å². The van der Waals surface area contributed by atoms with Crippen LogP contribution in [0.15, 0.2) is 60.9 Å². The van der Waals surface area contributed by atoms with Crippen LogP contribution in [0.2, 0.25) is 5.02 Å². The average molecular weight is 481 g/mol. The van der Waals surface area contributed by atoms with Crippen LogP contribution in [0.3, 0.4) is 0 Å². The van der Waals surface area contributed by atoms with E-state index in [9.17, 15) is 4.39 Å². The minimum Gasteiger partial charge on any atom is -0.490 e. The highest BCUT2D eigenvalue weighted by molar-refractivity contribution is 6.30. The fourth-order valence-electron chi connectivity index (χ4n) is 3.90. The van der Waals surface area contributed by atoms with Gasteiger partial charge in [-0.1, -0.05) is 68.1 Å². The standard InChI is InChI=1S/C28H27ClF2N2O/c1-2-3-4-5-14-34-23-17-32-28(33-18-23)22-11-12-24-21(16-22)10-9-20(27(24)31)8-6-19-7-13-25(29)26(30)15-19/h7,9-13,15-18H,2-6,8,14H2,1H3.